The number of carbonyl (C=O) groups is 5. The van der Waals surface area contributed by atoms with Crippen LogP contribution >= 0.6 is 0 Å². The largest absolute Gasteiger partial charge is 0.453 e. The Labute approximate surface area is 349 Å². The molecule has 7 rings (SSSR count). The quantitative estimate of drug-likeness (QED) is 0.141. The molecule has 2 fully saturated rings. The number of alkyl carbamates (subject to hydrolysis) is 2. The van der Waals surface area contributed by atoms with Crippen molar-refractivity contribution in [3.8, 4) is 22.5 Å². The van der Waals surface area contributed by atoms with Crippen molar-refractivity contribution in [2.45, 2.75) is 97.3 Å². The molecule has 0 saturated carbocycles. The van der Waals surface area contributed by atoms with Crippen LogP contribution in [-0.4, -0.2) is 99.0 Å². The van der Waals surface area contributed by atoms with E-state index in [9.17, 15) is 24.0 Å². The summed E-state index contributed by atoms with van der Waals surface area (Å²) in [7, 11) is 2.56. The number of nitrogens with zero attached hydrogens (tertiary/aromatic N) is 5. The molecule has 16 nitrogen and oxygen atoms in total. The van der Waals surface area contributed by atoms with Crippen LogP contribution in [0.4, 0.5) is 21.0 Å². The van der Waals surface area contributed by atoms with Gasteiger partial charge in [-0.15, -0.1) is 0 Å². The van der Waals surface area contributed by atoms with Crippen molar-refractivity contribution in [3.63, 3.8) is 0 Å². The third-order valence-corrected chi connectivity index (χ3v) is 11.9. The lowest BCUT2D eigenvalue weighted by atomic mass is 10.0. The average Bonchev–Trinajstić information content (AvgIpc) is 4.07. The van der Waals surface area contributed by atoms with Crippen molar-refractivity contribution in [1.82, 2.24) is 40.4 Å². The number of carbonyl (C=O) groups excluding carboxylic acids is 5. The molecule has 60 heavy (non-hydrogen) atoms. The molecule has 0 spiro atoms. The first-order valence-corrected chi connectivity index (χ1v) is 20.8. The third-order valence-electron chi connectivity index (χ3n) is 11.9. The number of H-pyrrole nitrogens is 2. The monoisotopic (exact) mass is 821 g/mol. The van der Waals surface area contributed by atoms with Crippen LogP contribution in [0.2, 0.25) is 0 Å². The number of rotatable bonds is 10. The van der Waals surface area contributed by atoms with Gasteiger partial charge in [-0.2, -0.15) is 0 Å². The molecule has 2 saturated heterocycles. The number of hydrogen-bond acceptors (Lipinski definition) is 9. The fourth-order valence-corrected chi connectivity index (χ4v) is 8.75. The second kappa shape index (κ2) is 17.6. The fraction of sp³-hybridized carbons (Fsp3) is 0.477. The first-order chi connectivity index (χ1) is 28.8. The lowest BCUT2D eigenvalue weighted by Gasteiger charge is -2.30. The van der Waals surface area contributed by atoms with Gasteiger partial charge in [-0.05, 0) is 85.3 Å². The number of aryl methyl sites for hydroxylation is 2. The van der Waals surface area contributed by atoms with Crippen molar-refractivity contribution >= 4 is 41.3 Å². The maximum absolute atomic E-state index is 13.7. The Balaban J connectivity index is 1.11. The van der Waals surface area contributed by atoms with Gasteiger partial charge in [0.15, 0.2) is 0 Å². The van der Waals surface area contributed by atoms with E-state index in [-0.39, 0.29) is 41.6 Å². The molecule has 2 aromatic heterocycles. The highest BCUT2D eigenvalue weighted by Crippen LogP contribution is 2.41. The number of aromatic amines is 2. The van der Waals surface area contributed by atoms with Gasteiger partial charge < -0.3 is 39.9 Å². The summed E-state index contributed by atoms with van der Waals surface area (Å²) in [6.07, 6.45) is 6.77. The second-order valence-electron chi connectivity index (χ2n) is 16.5. The number of benzene rings is 2. The number of hydrogen-bond donors (Lipinski definition) is 4. The van der Waals surface area contributed by atoms with E-state index in [1.165, 1.54) is 14.2 Å². The van der Waals surface area contributed by atoms with Gasteiger partial charge >= 0.3 is 12.2 Å². The highest BCUT2D eigenvalue weighted by Gasteiger charge is 2.39. The molecule has 4 atom stereocenters. The van der Waals surface area contributed by atoms with Crippen molar-refractivity contribution in [1.29, 1.82) is 0 Å². The van der Waals surface area contributed by atoms with E-state index < -0.39 is 24.3 Å². The van der Waals surface area contributed by atoms with E-state index in [0.29, 0.717) is 37.6 Å². The number of likely N-dealkylation sites (tertiary alicyclic amines) is 2. The van der Waals surface area contributed by atoms with Crippen molar-refractivity contribution in [2.24, 2.45) is 11.8 Å². The Hall–Kier alpha value is -6.19. The van der Waals surface area contributed by atoms with E-state index in [0.717, 1.165) is 70.7 Å². The third kappa shape index (κ3) is 8.32. The molecule has 3 aliphatic rings. The van der Waals surface area contributed by atoms with Gasteiger partial charge in [-0.25, -0.2) is 19.6 Å². The van der Waals surface area contributed by atoms with Crippen LogP contribution in [0.3, 0.4) is 0 Å². The minimum atomic E-state index is -0.729. The topological polar surface area (TPSA) is 195 Å². The van der Waals surface area contributed by atoms with Gasteiger partial charge in [0, 0.05) is 25.6 Å². The Morgan fingerprint density at radius 3 is 1.65 bits per heavy atom. The zero-order chi connectivity index (χ0) is 42.8. The molecule has 5 amide bonds. The predicted octanol–water partition coefficient (Wildman–Crippen LogP) is 6.34. The average molecular weight is 822 g/mol. The summed E-state index contributed by atoms with van der Waals surface area (Å²) >= 11 is 0. The number of anilines is 2. The molecule has 318 valence electrons. The number of amides is 5. The number of imidazole rings is 2. The number of ether oxygens (including phenoxy) is 2. The summed E-state index contributed by atoms with van der Waals surface area (Å²) in [5.74, 6) is 0.610. The van der Waals surface area contributed by atoms with Crippen molar-refractivity contribution < 1.29 is 33.4 Å². The number of fused-ring (bicyclic) bond motifs is 2. The molecule has 4 unspecified atom stereocenters. The van der Waals surface area contributed by atoms with E-state index in [1.807, 2.05) is 52.0 Å². The Morgan fingerprint density at radius 1 is 0.683 bits per heavy atom. The standard InChI is InChI=1S/C44H55N9O7/c1-24(2)37(49-43(57)59-6)41(55)51-18-8-10-34(51)39-45-22-31(47-39)28-16-17-33-30(20-28)15-13-27-12-14-29(21-36(27)53(33)26(5)54)32-23-46-40(48-32)35-11-9-19-52(35)42(56)38(25(3)4)50-44(58)60-7/h12,14,16-17,20-25,34-35,37-38H,8-11,13,15,18-19H2,1-7H3,(H,45,47)(H,46,48)(H,49,57)(H,50,58). The fourth-order valence-electron chi connectivity index (χ4n) is 8.75. The number of nitrogens with one attached hydrogen (secondary N) is 4. The molecule has 5 heterocycles. The summed E-state index contributed by atoms with van der Waals surface area (Å²) in [5, 5.41) is 5.39. The first-order valence-electron chi connectivity index (χ1n) is 20.8. The molecular formula is C44H55N9O7. The molecule has 0 aliphatic carbocycles. The zero-order valence-corrected chi connectivity index (χ0v) is 35.3. The van der Waals surface area contributed by atoms with Gasteiger partial charge in [0.2, 0.25) is 17.7 Å². The molecule has 3 aliphatic heterocycles. The molecule has 4 aromatic rings. The first kappa shape index (κ1) is 42.0. The minimum absolute atomic E-state index is 0.119. The van der Waals surface area contributed by atoms with E-state index in [1.54, 1.807) is 34.0 Å². The van der Waals surface area contributed by atoms with Crippen molar-refractivity contribution in [3.05, 3.63) is 71.6 Å². The minimum Gasteiger partial charge on any atom is -0.453 e. The van der Waals surface area contributed by atoms with E-state index in [2.05, 4.69) is 32.7 Å². The molecule has 16 heteroatoms. The summed E-state index contributed by atoms with van der Waals surface area (Å²) < 4.78 is 9.56. The van der Waals surface area contributed by atoms with E-state index >= 15 is 0 Å². The van der Waals surface area contributed by atoms with Crippen LogP contribution in [-0.2, 0) is 36.7 Å². The summed E-state index contributed by atoms with van der Waals surface area (Å²) in [5.41, 5.74) is 6.98. The Morgan fingerprint density at radius 2 is 1.17 bits per heavy atom. The molecule has 4 N–H and O–H groups in total. The summed E-state index contributed by atoms with van der Waals surface area (Å²) in [4.78, 5) is 86.7. The second-order valence-corrected chi connectivity index (χ2v) is 16.5. The highest BCUT2D eigenvalue weighted by molar-refractivity contribution is 6.02. The van der Waals surface area contributed by atoms with Gasteiger partial charge in [-0.3, -0.25) is 19.3 Å². The molecule has 0 bridgehead atoms. The van der Waals surface area contributed by atoms with Gasteiger partial charge in [0.05, 0.1) is 61.5 Å². The van der Waals surface area contributed by atoms with E-state index in [4.69, 9.17) is 19.4 Å². The zero-order valence-electron chi connectivity index (χ0n) is 35.3. The van der Waals surface area contributed by atoms with Crippen molar-refractivity contribution in [2.75, 3.05) is 32.2 Å². The van der Waals surface area contributed by atoms with Crippen LogP contribution in [0, 0.1) is 11.8 Å². The normalized spacial score (nSPS) is 18.4. The van der Waals surface area contributed by atoms with Crippen LogP contribution in [0.1, 0.15) is 95.2 Å². The smallest absolute Gasteiger partial charge is 0.407 e. The lowest BCUT2D eigenvalue weighted by Crippen LogP contribution is -2.51. The van der Waals surface area contributed by atoms with Crippen LogP contribution < -0.4 is 15.5 Å². The number of aromatic nitrogens is 4. The van der Waals surface area contributed by atoms with Gasteiger partial charge in [0.25, 0.3) is 0 Å². The molecule has 0 radical (unpaired) electrons. The van der Waals surface area contributed by atoms with Crippen LogP contribution in [0.5, 0.6) is 0 Å². The molecule has 2 aromatic carbocycles. The Kier molecular flexibility index (Phi) is 12.3. The predicted molar refractivity (Wildman–Crippen MR) is 224 cm³/mol. The molecular weight excluding hydrogens is 767 g/mol. The summed E-state index contributed by atoms with van der Waals surface area (Å²) in [6, 6.07) is 10.2. The van der Waals surface area contributed by atoms with Crippen LogP contribution in [0.25, 0.3) is 22.5 Å². The Bertz CT molecular complexity index is 2260. The number of methoxy groups -OCH3 is 2. The van der Waals surface area contributed by atoms with Gasteiger partial charge in [-0.1, -0.05) is 45.9 Å². The van der Waals surface area contributed by atoms with Crippen LogP contribution in [0.15, 0.2) is 48.8 Å². The SMILES string of the molecule is COC(=O)NC(C(=O)N1CCCC1c1ncc(-c2ccc3c(c2)CCc2ccc(-c4cnc(C5CCCN5C(=O)C(NC(=O)OC)C(C)C)[nH]4)cc2N3C(C)=O)[nH]1)C(C)C. The maximum atomic E-state index is 13.7. The maximum Gasteiger partial charge on any atom is 0.407 e. The summed E-state index contributed by atoms with van der Waals surface area (Å²) in [6.45, 7) is 10.2. The van der Waals surface area contributed by atoms with Gasteiger partial charge in [0.1, 0.15) is 23.7 Å². The highest BCUT2D eigenvalue weighted by atomic mass is 16.5. The lowest BCUT2D eigenvalue weighted by molar-refractivity contribution is -0.136.